The smallest absolute Gasteiger partial charge is 0.248 e. The Kier molecular flexibility index (Phi) is 2.94. The minimum absolute atomic E-state index is 0.162. The van der Waals surface area contributed by atoms with Gasteiger partial charge in [0.05, 0.1) is 17.9 Å². The first kappa shape index (κ1) is 8.60. The summed E-state index contributed by atoms with van der Waals surface area (Å²) >= 11 is -2.58. The molecule has 0 aromatic carbocycles. The van der Waals surface area contributed by atoms with Crippen molar-refractivity contribution >= 4 is 17.3 Å². The van der Waals surface area contributed by atoms with Crippen LogP contribution in [0.25, 0.3) is 0 Å². The summed E-state index contributed by atoms with van der Waals surface area (Å²) in [6.45, 7) is 0.0511. The molecule has 0 aliphatic carbocycles. The molecule has 6 nitrogen and oxygen atoms in total. The van der Waals surface area contributed by atoms with Crippen LogP contribution in [-0.2, 0) is 25.2 Å². The van der Waals surface area contributed by atoms with Crippen molar-refractivity contribution in [1.29, 1.82) is 0 Å². The largest absolute Gasteiger partial charge is 0.750 e. The van der Waals surface area contributed by atoms with Gasteiger partial charge in [0.15, 0.2) is 6.79 Å². The number of hydrogen-bond donors (Lipinski definition) is 0. The molecule has 0 radical (unpaired) electrons. The van der Waals surface area contributed by atoms with Crippen LogP contribution in [0.1, 0.15) is 6.42 Å². The van der Waals surface area contributed by atoms with E-state index in [0.29, 0.717) is 13.0 Å². The quantitative estimate of drug-likeness (QED) is 0.312. The third-order valence-corrected chi connectivity index (χ3v) is 1.45. The van der Waals surface area contributed by atoms with E-state index in [2.05, 4.69) is 9.02 Å². The Bertz CT molecular complexity index is 183. The fraction of sp³-hybridized carbons (Fsp3) is 0.750. The lowest BCUT2D eigenvalue weighted by molar-refractivity contribution is -0.228. The Hall–Kier alpha value is -0.500. The first-order valence-electron chi connectivity index (χ1n) is 2.86. The third kappa shape index (κ3) is 2.54. The minimum atomic E-state index is -2.58. The maximum Gasteiger partial charge on any atom is 0.248 e. The number of hydrogen-bond acceptors (Lipinski definition) is 5. The summed E-state index contributed by atoms with van der Waals surface area (Å²) in [5.41, 5.74) is 0. The summed E-state index contributed by atoms with van der Waals surface area (Å²) < 4.78 is 23.5. The van der Waals surface area contributed by atoms with Crippen LogP contribution in [0.3, 0.4) is 0 Å². The van der Waals surface area contributed by atoms with Crippen LogP contribution < -0.4 is 0 Å². The van der Waals surface area contributed by atoms with E-state index in [1.54, 1.807) is 0 Å². The molecule has 1 amide bonds. The Labute approximate surface area is 65.5 Å². The van der Waals surface area contributed by atoms with Gasteiger partial charge in [-0.3, -0.25) is 8.98 Å². The number of carbonyl (C=O) groups is 1. The Morgan fingerprint density at radius 1 is 1.73 bits per heavy atom. The highest BCUT2D eigenvalue weighted by Gasteiger charge is 2.24. The summed E-state index contributed by atoms with van der Waals surface area (Å²) in [5.74, 6) is -0.162. The van der Waals surface area contributed by atoms with Crippen molar-refractivity contribution in [2.45, 2.75) is 6.42 Å². The lowest BCUT2D eigenvalue weighted by atomic mass is 10.3. The molecule has 1 rings (SSSR count). The number of rotatable bonds is 4. The molecule has 0 N–H and O–H groups in total. The van der Waals surface area contributed by atoms with Crippen LogP contribution in [0.4, 0.5) is 0 Å². The van der Waals surface area contributed by atoms with Gasteiger partial charge in [0.2, 0.25) is 5.91 Å². The van der Waals surface area contributed by atoms with Crippen LogP contribution in [0.5, 0.6) is 0 Å². The minimum Gasteiger partial charge on any atom is -0.750 e. The first-order valence-corrected chi connectivity index (χ1v) is 3.86. The van der Waals surface area contributed by atoms with Crippen LogP contribution in [-0.4, -0.2) is 33.1 Å². The van der Waals surface area contributed by atoms with Gasteiger partial charge in [0.25, 0.3) is 0 Å². The van der Waals surface area contributed by atoms with E-state index in [9.17, 15) is 13.6 Å². The number of nitrogens with zero attached hydrogens (tertiary/aromatic N) is 1. The predicted molar refractivity (Wildman–Crippen MR) is 32.3 cm³/mol. The van der Waals surface area contributed by atoms with Crippen LogP contribution in [0, 0.1) is 0 Å². The predicted octanol–water partition coefficient (Wildman–Crippen LogP) is -1.08. The molecule has 1 unspecified atom stereocenters. The van der Waals surface area contributed by atoms with Crippen molar-refractivity contribution in [3.63, 3.8) is 0 Å². The summed E-state index contributed by atoms with van der Waals surface area (Å²) in [6.07, 6.45) is 0.445. The number of hydroxylamine groups is 2. The van der Waals surface area contributed by atoms with Gasteiger partial charge in [-0.15, -0.1) is 0 Å². The van der Waals surface area contributed by atoms with Gasteiger partial charge in [-0.05, 0) is 0 Å². The number of amides is 1. The maximum atomic E-state index is 10.5. The molecule has 0 aromatic rings. The van der Waals surface area contributed by atoms with Crippen molar-refractivity contribution in [3.8, 4) is 0 Å². The second-order valence-corrected chi connectivity index (χ2v) is 2.46. The molecule has 7 heteroatoms. The van der Waals surface area contributed by atoms with Gasteiger partial charge in [-0.25, -0.2) is 14.1 Å². The molecule has 1 aliphatic rings. The lowest BCUT2D eigenvalue weighted by Gasteiger charge is -2.28. The molecule has 0 saturated carbocycles. The lowest BCUT2D eigenvalue weighted by Crippen LogP contribution is -2.43. The van der Waals surface area contributed by atoms with E-state index in [0.717, 1.165) is 5.06 Å². The molecule has 1 fully saturated rings. The van der Waals surface area contributed by atoms with Crippen molar-refractivity contribution < 1.29 is 22.6 Å². The molecule has 1 saturated heterocycles. The fourth-order valence-electron chi connectivity index (χ4n) is 0.555. The molecule has 0 bridgehead atoms. The SMILES string of the molecule is O=C1CCN1OCOS(=O)[O-]. The molecule has 0 spiro atoms. The van der Waals surface area contributed by atoms with Crippen LogP contribution in [0.15, 0.2) is 0 Å². The summed E-state index contributed by atoms with van der Waals surface area (Å²) in [5, 5.41) is 1.05. The summed E-state index contributed by atoms with van der Waals surface area (Å²) in [7, 11) is 0. The molecular weight excluding hydrogens is 174 g/mol. The summed E-state index contributed by atoms with van der Waals surface area (Å²) in [6, 6.07) is 0. The normalized spacial score (nSPS) is 19.7. The van der Waals surface area contributed by atoms with Crippen molar-refractivity contribution in [2.24, 2.45) is 0 Å². The molecule has 1 aliphatic heterocycles. The first-order chi connectivity index (χ1) is 5.20. The maximum absolute atomic E-state index is 10.5. The van der Waals surface area contributed by atoms with E-state index < -0.39 is 18.2 Å². The van der Waals surface area contributed by atoms with E-state index in [-0.39, 0.29) is 5.91 Å². The Balaban J connectivity index is 2.03. The van der Waals surface area contributed by atoms with Gasteiger partial charge >= 0.3 is 0 Å². The zero-order valence-corrected chi connectivity index (χ0v) is 6.33. The van der Waals surface area contributed by atoms with Crippen LogP contribution in [0.2, 0.25) is 0 Å². The van der Waals surface area contributed by atoms with Crippen molar-refractivity contribution in [3.05, 3.63) is 0 Å². The van der Waals surface area contributed by atoms with E-state index in [4.69, 9.17) is 0 Å². The Morgan fingerprint density at radius 3 is 2.82 bits per heavy atom. The van der Waals surface area contributed by atoms with Crippen LogP contribution >= 0.6 is 0 Å². The molecule has 11 heavy (non-hydrogen) atoms. The zero-order valence-electron chi connectivity index (χ0n) is 5.52. The summed E-state index contributed by atoms with van der Waals surface area (Å²) in [4.78, 5) is 15.1. The molecule has 1 atom stereocenters. The molecule has 1 heterocycles. The van der Waals surface area contributed by atoms with Crippen molar-refractivity contribution in [1.82, 2.24) is 5.06 Å². The highest BCUT2D eigenvalue weighted by molar-refractivity contribution is 7.74. The molecular formula is C4H6NO5S-. The standard InChI is InChI=1S/C4H7NO5S/c6-4-1-2-5(4)9-3-10-11(7)8/h1-3H2,(H,7,8)/p-1. The zero-order chi connectivity index (χ0) is 8.27. The Morgan fingerprint density at radius 2 is 2.45 bits per heavy atom. The van der Waals surface area contributed by atoms with Gasteiger partial charge in [-0.1, -0.05) is 0 Å². The monoisotopic (exact) mass is 180 g/mol. The van der Waals surface area contributed by atoms with Gasteiger partial charge < -0.3 is 4.55 Å². The topological polar surface area (TPSA) is 78.9 Å². The van der Waals surface area contributed by atoms with Gasteiger partial charge in [-0.2, -0.15) is 0 Å². The number of carbonyl (C=O) groups excluding carboxylic acids is 1. The molecule has 0 aromatic heterocycles. The highest BCUT2D eigenvalue weighted by atomic mass is 32.2. The number of β-lactam (4-membered cyclic amide) rings is 1. The van der Waals surface area contributed by atoms with E-state index in [1.807, 2.05) is 0 Å². The average Bonchev–Trinajstić information content (AvgIpc) is 1.94. The second-order valence-electron chi connectivity index (χ2n) is 1.81. The van der Waals surface area contributed by atoms with Gasteiger partial charge in [0, 0.05) is 6.42 Å². The van der Waals surface area contributed by atoms with Crippen molar-refractivity contribution in [2.75, 3.05) is 13.3 Å². The van der Waals surface area contributed by atoms with E-state index in [1.165, 1.54) is 0 Å². The average molecular weight is 180 g/mol. The highest BCUT2D eigenvalue weighted by Crippen LogP contribution is 2.08. The molecule has 64 valence electrons. The second kappa shape index (κ2) is 3.77. The van der Waals surface area contributed by atoms with Gasteiger partial charge in [0.1, 0.15) is 0 Å². The fourth-order valence-corrected chi connectivity index (χ4v) is 0.677. The van der Waals surface area contributed by atoms with E-state index >= 15 is 0 Å². The third-order valence-electron chi connectivity index (χ3n) is 1.16.